The summed E-state index contributed by atoms with van der Waals surface area (Å²) in [6.07, 6.45) is 1.04. The van der Waals surface area contributed by atoms with Gasteiger partial charge in [-0.05, 0) is 30.5 Å². The second-order valence-corrected chi connectivity index (χ2v) is 4.64. The zero-order valence-corrected chi connectivity index (χ0v) is 10.6. The molecule has 1 heterocycles. The lowest BCUT2D eigenvalue weighted by molar-refractivity contribution is 0.122. The van der Waals surface area contributed by atoms with Gasteiger partial charge in [0.1, 0.15) is 0 Å². The summed E-state index contributed by atoms with van der Waals surface area (Å²) in [7, 11) is 0. The number of morpholine rings is 1. The van der Waals surface area contributed by atoms with E-state index in [0.717, 1.165) is 39.3 Å². The Hall–Kier alpha value is -1.06. The molecule has 94 valence electrons. The van der Waals surface area contributed by atoms with Crippen molar-refractivity contribution in [3.8, 4) is 0 Å². The Labute approximate surface area is 104 Å². The van der Waals surface area contributed by atoms with Gasteiger partial charge >= 0.3 is 0 Å². The number of anilines is 1. The molecule has 0 aromatic heterocycles. The van der Waals surface area contributed by atoms with E-state index < -0.39 is 0 Å². The number of hydrogen-bond donors (Lipinski definition) is 1. The summed E-state index contributed by atoms with van der Waals surface area (Å²) >= 11 is 0. The molecule has 1 aromatic carbocycles. The molecule has 0 amide bonds. The van der Waals surface area contributed by atoms with Crippen molar-refractivity contribution < 1.29 is 4.74 Å². The molecular formula is C14H22N2O. The molecule has 0 spiro atoms. The maximum Gasteiger partial charge on any atom is 0.0642 e. The van der Waals surface area contributed by atoms with Gasteiger partial charge in [-0.15, -0.1) is 0 Å². The Morgan fingerprint density at radius 2 is 2.00 bits per heavy atom. The molecule has 1 unspecified atom stereocenters. The van der Waals surface area contributed by atoms with Crippen LogP contribution >= 0.6 is 0 Å². The van der Waals surface area contributed by atoms with Crippen molar-refractivity contribution in [3.05, 3.63) is 29.8 Å². The SMILES string of the molecule is CC(CCN)c1ccccc1N1CCOCC1. The second kappa shape index (κ2) is 6.03. The van der Waals surface area contributed by atoms with Crippen LogP contribution in [0.3, 0.4) is 0 Å². The maximum atomic E-state index is 5.66. The molecule has 0 saturated carbocycles. The van der Waals surface area contributed by atoms with E-state index in [1.165, 1.54) is 11.3 Å². The molecule has 3 heteroatoms. The number of hydrogen-bond acceptors (Lipinski definition) is 3. The van der Waals surface area contributed by atoms with Crippen LogP contribution in [-0.2, 0) is 4.74 Å². The van der Waals surface area contributed by atoms with Gasteiger partial charge in [-0.1, -0.05) is 25.1 Å². The number of para-hydroxylation sites is 1. The average Bonchev–Trinajstić information content (AvgIpc) is 2.40. The van der Waals surface area contributed by atoms with Gasteiger partial charge in [0.15, 0.2) is 0 Å². The monoisotopic (exact) mass is 234 g/mol. The third-order valence-corrected chi connectivity index (χ3v) is 3.42. The molecule has 1 saturated heterocycles. The van der Waals surface area contributed by atoms with Crippen molar-refractivity contribution in [2.24, 2.45) is 5.73 Å². The first-order valence-corrected chi connectivity index (χ1v) is 6.44. The van der Waals surface area contributed by atoms with Crippen LogP contribution < -0.4 is 10.6 Å². The van der Waals surface area contributed by atoms with Gasteiger partial charge in [0, 0.05) is 18.8 Å². The van der Waals surface area contributed by atoms with Gasteiger partial charge in [-0.3, -0.25) is 0 Å². The van der Waals surface area contributed by atoms with E-state index in [4.69, 9.17) is 10.5 Å². The molecule has 1 aliphatic heterocycles. The molecule has 0 bridgehead atoms. The molecule has 1 fully saturated rings. The zero-order valence-electron chi connectivity index (χ0n) is 10.6. The highest BCUT2D eigenvalue weighted by Crippen LogP contribution is 2.29. The number of benzene rings is 1. The van der Waals surface area contributed by atoms with E-state index in [1.54, 1.807) is 0 Å². The van der Waals surface area contributed by atoms with Crippen molar-refractivity contribution in [2.45, 2.75) is 19.3 Å². The van der Waals surface area contributed by atoms with Crippen LogP contribution in [0.4, 0.5) is 5.69 Å². The van der Waals surface area contributed by atoms with Crippen LogP contribution in [0.1, 0.15) is 24.8 Å². The molecule has 17 heavy (non-hydrogen) atoms. The van der Waals surface area contributed by atoms with E-state index in [-0.39, 0.29) is 0 Å². The van der Waals surface area contributed by atoms with E-state index >= 15 is 0 Å². The minimum Gasteiger partial charge on any atom is -0.378 e. The van der Waals surface area contributed by atoms with Gasteiger partial charge in [0.05, 0.1) is 13.2 Å². The minimum absolute atomic E-state index is 0.527. The van der Waals surface area contributed by atoms with Crippen LogP contribution in [0.5, 0.6) is 0 Å². The normalized spacial score (nSPS) is 18.1. The summed E-state index contributed by atoms with van der Waals surface area (Å²) in [5.74, 6) is 0.527. The Bertz CT molecular complexity index is 348. The smallest absolute Gasteiger partial charge is 0.0642 e. The molecule has 1 aliphatic rings. The first-order valence-electron chi connectivity index (χ1n) is 6.44. The van der Waals surface area contributed by atoms with Crippen molar-refractivity contribution in [3.63, 3.8) is 0 Å². The highest BCUT2D eigenvalue weighted by molar-refractivity contribution is 5.55. The van der Waals surface area contributed by atoms with Crippen molar-refractivity contribution in [1.29, 1.82) is 0 Å². The van der Waals surface area contributed by atoms with E-state index in [9.17, 15) is 0 Å². The summed E-state index contributed by atoms with van der Waals surface area (Å²) in [5, 5.41) is 0. The highest BCUT2D eigenvalue weighted by atomic mass is 16.5. The zero-order chi connectivity index (χ0) is 12.1. The van der Waals surface area contributed by atoms with Crippen molar-refractivity contribution in [2.75, 3.05) is 37.7 Å². The third-order valence-electron chi connectivity index (χ3n) is 3.42. The number of ether oxygens (including phenoxy) is 1. The highest BCUT2D eigenvalue weighted by Gasteiger charge is 2.16. The molecule has 0 aliphatic carbocycles. The molecule has 1 aromatic rings. The fourth-order valence-electron chi connectivity index (χ4n) is 2.40. The first-order chi connectivity index (χ1) is 8.33. The number of nitrogens with two attached hydrogens (primary N) is 1. The molecule has 2 N–H and O–H groups in total. The molecule has 2 rings (SSSR count). The largest absolute Gasteiger partial charge is 0.378 e. The van der Waals surface area contributed by atoms with Crippen molar-refractivity contribution >= 4 is 5.69 Å². The fourth-order valence-corrected chi connectivity index (χ4v) is 2.40. The van der Waals surface area contributed by atoms with Crippen LogP contribution in [0.2, 0.25) is 0 Å². The fraction of sp³-hybridized carbons (Fsp3) is 0.571. The molecular weight excluding hydrogens is 212 g/mol. The molecule has 1 atom stereocenters. The summed E-state index contributed by atoms with van der Waals surface area (Å²) < 4.78 is 5.41. The van der Waals surface area contributed by atoms with Gasteiger partial charge in [0.2, 0.25) is 0 Å². The second-order valence-electron chi connectivity index (χ2n) is 4.64. The Kier molecular flexibility index (Phi) is 4.40. The number of nitrogens with zero attached hydrogens (tertiary/aromatic N) is 1. The lowest BCUT2D eigenvalue weighted by Gasteiger charge is -2.31. The Morgan fingerprint density at radius 3 is 2.71 bits per heavy atom. The van der Waals surface area contributed by atoms with E-state index in [2.05, 4.69) is 36.1 Å². The lowest BCUT2D eigenvalue weighted by atomic mass is 9.95. The van der Waals surface area contributed by atoms with Crippen molar-refractivity contribution in [1.82, 2.24) is 0 Å². The Morgan fingerprint density at radius 1 is 1.29 bits per heavy atom. The standard InChI is InChI=1S/C14H22N2O/c1-12(6-7-15)13-4-2-3-5-14(13)16-8-10-17-11-9-16/h2-5,12H,6-11,15H2,1H3. The molecule has 3 nitrogen and oxygen atoms in total. The maximum absolute atomic E-state index is 5.66. The summed E-state index contributed by atoms with van der Waals surface area (Å²) in [5.41, 5.74) is 8.44. The van der Waals surface area contributed by atoms with Crippen LogP contribution in [0.15, 0.2) is 24.3 Å². The topological polar surface area (TPSA) is 38.5 Å². The van der Waals surface area contributed by atoms with Gasteiger partial charge in [0.25, 0.3) is 0 Å². The van der Waals surface area contributed by atoms with Gasteiger partial charge in [-0.2, -0.15) is 0 Å². The lowest BCUT2D eigenvalue weighted by Crippen LogP contribution is -2.36. The first kappa shape index (κ1) is 12.4. The van der Waals surface area contributed by atoms with Crippen LogP contribution in [-0.4, -0.2) is 32.8 Å². The summed E-state index contributed by atoms with van der Waals surface area (Å²) in [4.78, 5) is 2.42. The average molecular weight is 234 g/mol. The van der Waals surface area contributed by atoms with Gasteiger partial charge in [-0.25, -0.2) is 0 Å². The van der Waals surface area contributed by atoms with E-state index in [0.29, 0.717) is 5.92 Å². The predicted octanol–water partition coefficient (Wildman–Crippen LogP) is 1.98. The van der Waals surface area contributed by atoms with Gasteiger partial charge < -0.3 is 15.4 Å². The summed E-state index contributed by atoms with van der Waals surface area (Å²) in [6, 6.07) is 8.68. The molecule has 0 radical (unpaired) electrons. The Balaban J connectivity index is 2.19. The third kappa shape index (κ3) is 2.99. The quantitative estimate of drug-likeness (QED) is 0.865. The van der Waals surface area contributed by atoms with Crippen LogP contribution in [0, 0.1) is 0 Å². The van der Waals surface area contributed by atoms with Crippen LogP contribution in [0.25, 0.3) is 0 Å². The van der Waals surface area contributed by atoms with E-state index in [1.807, 2.05) is 0 Å². The minimum atomic E-state index is 0.527. The number of rotatable bonds is 4. The summed E-state index contributed by atoms with van der Waals surface area (Å²) in [6.45, 7) is 6.66. The predicted molar refractivity (Wildman–Crippen MR) is 71.6 cm³/mol.